The van der Waals surface area contributed by atoms with E-state index in [0.29, 0.717) is 37.9 Å². The van der Waals surface area contributed by atoms with Crippen LogP contribution < -0.4 is 0 Å². The average molecular weight is 579 g/mol. The van der Waals surface area contributed by atoms with Crippen LogP contribution in [0.3, 0.4) is 0 Å². The zero-order chi connectivity index (χ0) is 27.7. The Kier molecular flexibility index (Phi) is 7.21. The molecule has 0 spiro atoms. The SMILES string of the molecule is COC(=O)OCC1(N=[N+]=[N-])CC2=C(c3cnn(C(F)F)c3)[C@H](c3ccc(F)cc3Cl)N=C(c3nccs3)N2C1. The van der Waals surface area contributed by atoms with E-state index in [0.717, 1.165) is 19.4 Å². The van der Waals surface area contributed by atoms with Crippen LogP contribution in [0, 0.1) is 5.82 Å². The van der Waals surface area contributed by atoms with Crippen molar-refractivity contribution in [1.82, 2.24) is 19.7 Å². The van der Waals surface area contributed by atoms with Crippen LogP contribution in [0.15, 0.2) is 58.0 Å². The molecule has 2 atom stereocenters. The van der Waals surface area contributed by atoms with Gasteiger partial charge in [-0.2, -0.15) is 13.9 Å². The van der Waals surface area contributed by atoms with Crippen LogP contribution in [0.4, 0.5) is 18.0 Å². The second-order valence-corrected chi connectivity index (χ2v) is 9.93. The first kappa shape index (κ1) is 26.5. The lowest BCUT2D eigenvalue weighted by molar-refractivity contribution is 0.0557. The van der Waals surface area contributed by atoms with Crippen molar-refractivity contribution in [3.05, 3.63) is 85.3 Å². The van der Waals surface area contributed by atoms with E-state index in [-0.39, 0.29) is 24.6 Å². The van der Waals surface area contributed by atoms with Gasteiger partial charge in [-0.15, -0.1) is 11.3 Å². The molecule has 1 unspecified atom stereocenters. The van der Waals surface area contributed by atoms with E-state index in [2.05, 4.69) is 24.8 Å². The molecule has 5 rings (SSSR count). The normalized spacial score (nSPS) is 20.5. The molecule has 2 aliphatic heterocycles. The maximum Gasteiger partial charge on any atom is 0.507 e. The van der Waals surface area contributed by atoms with E-state index in [9.17, 15) is 23.5 Å². The number of methoxy groups -OCH3 is 1. The van der Waals surface area contributed by atoms with Crippen molar-refractivity contribution in [2.24, 2.45) is 10.1 Å². The van der Waals surface area contributed by atoms with Crippen molar-refractivity contribution in [1.29, 1.82) is 0 Å². The second kappa shape index (κ2) is 10.6. The summed E-state index contributed by atoms with van der Waals surface area (Å²) in [7, 11) is 1.14. The maximum absolute atomic E-state index is 14.0. The zero-order valence-corrected chi connectivity index (χ0v) is 21.6. The Morgan fingerprint density at radius 2 is 2.26 bits per heavy atom. The Morgan fingerprint density at radius 1 is 1.44 bits per heavy atom. The molecule has 2 aliphatic rings. The average Bonchev–Trinajstić information content (AvgIpc) is 3.67. The lowest BCUT2D eigenvalue weighted by Gasteiger charge is -2.32. The number of nitrogens with zero attached hydrogens (tertiary/aromatic N) is 8. The number of aliphatic imine (C=N–C) groups is 1. The van der Waals surface area contributed by atoms with Crippen LogP contribution in [0.1, 0.15) is 35.1 Å². The number of halogens is 4. The number of aromatic nitrogens is 3. The maximum atomic E-state index is 14.0. The highest BCUT2D eigenvalue weighted by atomic mass is 35.5. The summed E-state index contributed by atoms with van der Waals surface area (Å²) in [5.41, 5.74) is 9.77. The van der Waals surface area contributed by atoms with Gasteiger partial charge in [0.1, 0.15) is 24.0 Å². The molecule has 16 heteroatoms. The van der Waals surface area contributed by atoms with E-state index in [1.807, 2.05) is 0 Å². The van der Waals surface area contributed by atoms with Gasteiger partial charge in [-0.3, -0.25) is 4.99 Å². The molecule has 0 amide bonds. The number of amidine groups is 1. The molecule has 1 saturated heterocycles. The third-order valence-corrected chi connectivity index (χ3v) is 7.34. The molecule has 0 saturated carbocycles. The van der Waals surface area contributed by atoms with Gasteiger partial charge < -0.3 is 14.4 Å². The van der Waals surface area contributed by atoms with Gasteiger partial charge >= 0.3 is 12.7 Å². The van der Waals surface area contributed by atoms with Gasteiger partial charge in [0.2, 0.25) is 0 Å². The fraction of sp³-hybridized carbons (Fsp3) is 0.304. The van der Waals surface area contributed by atoms with Gasteiger partial charge in [0.25, 0.3) is 0 Å². The van der Waals surface area contributed by atoms with Gasteiger partial charge in [-0.1, -0.05) is 22.8 Å². The summed E-state index contributed by atoms with van der Waals surface area (Å²) >= 11 is 7.75. The third-order valence-electron chi connectivity index (χ3n) is 6.24. The highest BCUT2D eigenvalue weighted by Crippen LogP contribution is 2.49. The summed E-state index contributed by atoms with van der Waals surface area (Å²) in [4.78, 5) is 25.8. The number of hydrogen-bond donors (Lipinski definition) is 0. The molecule has 4 heterocycles. The van der Waals surface area contributed by atoms with Crippen molar-refractivity contribution in [2.75, 3.05) is 20.3 Å². The van der Waals surface area contributed by atoms with Gasteiger partial charge in [0.15, 0.2) is 10.8 Å². The Bertz CT molecular complexity index is 1520. The Labute approximate surface area is 227 Å². The van der Waals surface area contributed by atoms with Crippen LogP contribution in [-0.2, 0) is 9.47 Å². The molecule has 1 fully saturated rings. The summed E-state index contributed by atoms with van der Waals surface area (Å²) in [5, 5.41) is 10.1. The fourth-order valence-corrected chi connectivity index (χ4v) is 5.52. The highest BCUT2D eigenvalue weighted by Gasteiger charge is 2.48. The minimum Gasteiger partial charge on any atom is -0.438 e. The van der Waals surface area contributed by atoms with Crippen molar-refractivity contribution in [3.63, 3.8) is 0 Å². The Hall–Kier alpha value is -4.07. The van der Waals surface area contributed by atoms with Gasteiger partial charge in [0.05, 0.1) is 13.3 Å². The molecule has 0 radical (unpaired) electrons. The van der Waals surface area contributed by atoms with Gasteiger partial charge in [-0.25, -0.2) is 18.9 Å². The summed E-state index contributed by atoms with van der Waals surface area (Å²) < 4.78 is 51.2. The second-order valence-electron chi connectivity index (χ2n) is 8.62. The smallest absolute Gasteiger partial charge is 0.438 e. The van der Waals surface area contributed by atoms with Crippen LogP contribution >= 0.6 is 22.9 Å². The minimum atomic E-state index is -2.90. The first-order chi connectivity index (χ1) is 18.7. The predicted molar refractivity (Wildman–Crippen MR) is 135 cm³/mol. The number of azide groups is 1. The predicted octanol–water partition coefficient (Wildman–Crippen LogP) is 5.98. The Balaban J connectivity index is 1.74. The van der Waals surface area contributed by atoms with Gasteiger partial charge in [0, 0.05) is 57.5 Å². The molecular weight excluding hydrogens is 561 g/mol. The first-order valence-corrected chi connectivity index (χ1v) is 12.5. The van der Waals surface area contributed by atoms with Crippen LogP contribution in [0.2, 0.25) is 5.02 Å². The summed E-state index contributed by atoms with van der Waals surface area (Å²) in [6.07, 6.45) is 3.08. The van der Waals surface area contributed by atoms with Crippen molar-refractivity contribution >= 4 is 40.5 Å². The van der Waals surface area contributed by atoms with Gasteiger partial charge in [-0.05, 0) is 23.2 Å². The molecule has 2 aromatic heterocycles. The molecule has 0 aliphatic carbocycles. The minimum absolute atomic E-state index is 0.0259. The largest absolute Gasteiger partial charge is 0.507 e. The first-order valence-electron chi connectivity index (χ1n) is 11.3. The van der Waals surface area contributed by atoms with Crippen LogP contribution in [0.25, 0.3) is 16.0 Å². The van der Waals surface area contributed by atoms with E-state index in [1.54, 1.807) is 16.5 Å². The standard InChI is InChI=1S/C23H18ClF3N8O3S/c1-37-22(36)38-11-23(32-33-28)7-16-17(12-8-30-35(9-12)21(26)27)18(14-3-2-13(25)6-15(14)24)31-19(34(16)10-23)20-29-4-5-39-20/h2-6,8-9,18,21H,7,10-11H2,1H3/t18-,23?/m0/s1. The summed E-state index contributed by atoms with van der Waals surface area (Å²) in [5.74, 6) is -0.170. The van der Waals surface area contributed by atoms with Crippen LogP contribution in [-0.4, -0.2) is 57.5 Å². The highest BCUT2D eigenvalue weighted by molar-refractivity contribution is 7.11. The number of carbonyl (C=O) groups excluding carboxylic acids is 1. The number of ether oxygens (including phenoxy) is 2. The number of rotatable bonds is 7. The topological polar surface area (TPSA) is 131 Å². The number of thiazole rings is 1. The van der Waals surface area contributed by atoms with E-state index >= 15 is 0 Å². The molecule has 1 aromatic carbocycles. The quantitative estimate of drug-likeness (QED) is 0.147. The molecule has 11 nitrogen and oxygen atoms in total. The zero-order valence-electron chi connectivity index (χ0n) is 20.0. The number of benzene rings is 1. The number of fused-ring (bicyclic) bond motifs is 1. The van der Waals surface area contributed by atoms with Crippen molar-refractivity contribution < 1.29 is 27.4 Å². The summed E-state index contributed by atoms with van der Waals surface area (Å²) in [6.45, 7) is -3.20. The van der Waals surface area contributed by atoms with Crippen molar-refractivity contribution in [3.8, 4) is 0 Å². The number of alkyl halides is 2. The molecule has 39 heavy (non-hydrogen) atoms. The number of hydrogen-bond acceptors (Lipinski definition) is 9. The Morgan fingerprint density at radius 3 is 2.90 bits per heavy atom. The van der Waals surface area contributed by atoms with Crippen molar-refractivity contribution in [2.45, 2.75) is 24.6 Å². The van der Waals surface area contributed by atoms with E-state index in [4.69, 9.17) is 21.3 Å². The fourth-order valence-electron chi connectivity index (χ4n) is 4.61. The molecular formula is C23H18ClF3N8O3S. The summed E-state index contributed by atoms with van der Waals surface area (Å²) in [6, 6.07) is 2.94. The number of carbonyl (C=O) groups is 1. The lowest BCUT2D eigenvalue weighted by atomic mass is 9.89. The lowest BCUT2D eigenvalue weighted by Crippen LogP contribution is -2.39. The molecule has 202 valence electrons. The van der Waals surface area contributed by atoms with E-state index < -0.39 is 30.1 Å². The third kappa shape index (κ3) is 5.03. The molecule has 0 N–H and O–H groups in total. The molecule has 0 bridgehead atoms. The van der Waals surface area contributed by atoms with Crippen LogP contribution in [0.5, 0.6) is 0 Å². The molecule has 3 aromatic rings. The van der Waals surface area contributed by atoms with E-state index in [1.165, 1.54) is 29.7 Å². The monoisotopic (exact) mass is 578 g/mol.